The Hall–Kier alpha value is -0.570. The summed E-state index contributed by atoms with van der Waals surface area (Å²) in [5.74, 6) is 0. The molecule has 1 atom stereocenters. The van der Waals surface area contributed by atoms with Crippen LogP contribution in [0, 0.1) is 0 Å². The molecule has 1 aliphatic heterocycles. The van der Waals surface area contributed by atoms with E-state index in [1.165, 1.54) is 12.8 Å². The molecule has 0 radical (unpaired) electrons. The van der Waals surface area contributed by atoms with Crippen molar-refractivity contribution in [1.29, 1.82) is 0 Å². The lowest BCUT2D eigenvalue weighted by atomic mass is 10.1. The molecule has 0 unspecified atom stereocenters. The highest BCUT2D eigenvalue weighted by Crippen LogP contribution is 2.13. The van der Waals surface area contributed by atoms with Crippen molar-refractivity contribution in [2.45, 2.75) is 38.7 Å². The summed E-state index contributed by atoms with van der Waals surface area (Å²) in [5, 5.41) is 12.6. The summed E-state index contributed by atoms with van der Waals surface area (Å²) >= 11 is 0. The first-order valence-corrected chi connectivity index (χ1v) is 4.19. The molecule has 3 heteroatoms. The molecule has 64 valence electrons. The van der Waals surface area contributed by atoms with Gasteiger partial charge in [0, 0.05) is 6.42 Å². The summed E-state index contributed by atoms with van der Waals surface area (Å²) in [6.45, 7) is 2.24. The molecule has 0 saturated carbocycles. The molecule has 0 fully saturated rings. The first-order valence-electron chi connectivity index (χ1n) is 4.19. The van der Waals surface area contributed by atoms with Crippen molar-refractivity contribution in [3.8, 4) is 0 Å². The summed E-state index contributed by atoms with van der Waals surface area (Å²) in [5.41, 5.74) is 1.10. The van der Waals surface area contributed by atoms with Gasteiger partial charge in [-0.05, 0) is 12.8 Å². The van der Waals surface area contributed by atoms with Gasteiger partial charge in [0.25, 0.3) is 0 Å². The molecule has 0 bridgehead atoms. The van der Waals surface area contributed by atoms with Gasteiger partial charge in [-0.15, -0.1) is 0 Å². The summed E-state index contributed by atoms with van der Waals surface area (Å²) < 4.78 is 0. The van der Waals surface area contributed by atoms with Gasteiger partial charge < -0.3 is 9.94 Å². The van der Waals surface area contributed by atoms with Crippen molar-refractivity contribution in [2.24, 2.45) is 5.16 Å². The second kappa shape index (κ2) is 4.34. The molecule has 0 spiro atoms. The lowest BCUT2D eigenvalue weighted by molar-refractivity contribution is 0.0390. The summed E-state index contributed by atoms with van der Waals surface area (Å²) in [4.78, 5) is 4.95. The van der Waals surface area contributed by atoms with Crippen LogP contribution in [-0.2, 0) is 4.84 Å². The fourth-order valence-corrected chi connectivity index (χ4v) is 1.11. The van der Waals surface area contributed by atoms with E-state index >= 15 is 0 Å². The molecule has 1 N–H and O–H groups in total. The minimum absolute atomic E-state index is 0.0677. The average Bonchev–Trinajstić information content (AvgIpc) is 2.48. The van der Waals surface area contributed by atoms with Gasteiger partial charge in [0.05, 0.1) is 12.3 Å². The zero-order valence-corrected chi connectivity index (χ0v) is 6.92. The highest BCUT2D eigenvalue weighted by atomic mass is 16.6. The van der Waals surface area contributed by atoms with Crippen molar-refractivity contribution < 1.29 is 9.94 Å². The Kier molecular flexibility index (Phi) is 3.36. The fraction of sp³-hybridized carbons (Fsp3) is 0.875. The number of oxime groups is 1. The molecular formula is C8H15NO2. The van der Waals surface area contributed by atoms with Gasteiger partial charge >= 0.3 is 0 Å². The van der Waals surface area contributed by atoms with E-state index in [0.717, 1.165) is 18.6 Å². The minimum Gasteiger partial charge on any atom is -0.392 e. The van der Waals surface area contributed by atoms with Crippen molar-refractivity contribution in [3.05, 3.63) is 0 Å². The Balaban J connectivity index is 2.17. The second-order valence-corrected chi connectivity index (χ2v) is 2.88. The molecule has 3 nitrogen and oxygen atoms in total. The first-order chi connectivity index (χ1) is 5.36. The van der Waals surface area contributed by atoms with Crippen molar-refractivity contribution >= 4 is 5.71 Å². The van der Waals surface area contributed by atoms with E-state index in [2.05, 4.69) is 12.1 Å². The summed E-state index contributed by atoms with van der Waals surface area (Å²) in [6.07, 6.45) is 4.12. The molecule has 0 aromatic rings. The van der Waals surface area contributed by atoms with Gasteiger partial charge in [-0.2, -0.15) is 0 Å². The maximum atomic E-state index is 8.71. The molecule has 0 saturated heterocycles. The van der Waals surface area contributed by atoms with E-state index < -0.39 is 0 Å². The molecule has 0 amide bonds. The Bertz CT molecular complexity index is 145. The standard InChI is InChI=1S/C8H15NO2/c1-2-3-4-7-5-8(6-10)11-9-7/h8,10H,2-6H2,1H3/t8-/m0/s1. The fourth-order valence-electron chi connectivity index (χ4n) is 1.11. The number of unbranched alkanes of at least 4 members (excludes halogenated alkanes) is 1. The van der Waals surface area contributed by atoms with E-state index in [9.17, 15) is 0 Å². The summed E-state index contributed by atoms with van der Waals surface area (Å²) in [7, 11) is 0. The zero-order valence-electron chi connectivity index (χ0n) is 6.92. The molecule has 0 aromatic heterocycles. The van der Waals surface area contributed by atoms with Gasteiger partial charge in [-0.3, -0.25) is 0 Å². The highest BCUT2D eigenvalue weighted by Gasteiger charge is 2.18. The van der Waals surface area contributed by atoms with Crippen LogP contribution in [0.15, 0.2) is 5.16 Å². The molecule has 0 aliphatic carbocycles. The lowest BCUT2D eigenvalue weighted by Gasteiger charge is -2.00. The monoisotopic (exact) mass is 157 g/mol. The van der Waals surface area contributed by atoms with Crippen LogP contribution in [0.4, 0.5) is 0 Å². The van der Waals surface area contributed by atoms with E-state index in [1.54, 1.807) is 0 Å². The Morgan fingerprint density at radius 2 is 2.55 bits per heavy atom. The minimum atomic E-state index is -0.0677. The number of hydrogen-bond donors (Lipinski definition) is 1. The molecule has 0 aromatic carbocycles. The SMILES string of the molecule is CCCCC1=NO[C@H](CO)C1. The van der Waals surface area contributed by atoms with Crippen LogP contribution in [0.2, 0.25) is 0 Å². The third kappa shape index (κ3) is 2.50. The maximum absolute atomic E-state index is 8.71. The summed E-state index contributed by atoms with van der Waals surface area (Å²) in [6, 6.07) is 0. The van der Waals surface area contributed by atoms with Crippen LogP contribution in [-0.4, -0.2) is 23.5 Å². The molecule has 1 heterocycles. The number of hydrogen-bond acceptors (Lipinski definition) is 3. The molecular weight excluding hydrogens is 142 g/mol. The average molecular weight is 157 g/mol. The quantitative estimate of drug-likeness (QED) is 0.668. The number of nitrogens with zero attached hydrogens (tertiary/aromatic N) is 1. The number of aliphatic hydroxyl groups is 1. The molecule has 1 aliphatic rings. The molecule has 11 heavy (non-hydrogen) atoms. The van der Waals surface area contributed by atoms with E-state index in [4.69, 9.17) is 9.94 Å². The topological polar surface area (TPSA) is 41.8 Å². The number of rotatable bonds is 4. The van der Waals surface area contributed by atoms with Crippen molar-refractivity contribution in [1.82, 2.24) is 0 Å². The van der Waals surface area contributed by atoms with E-state index in [1.807, 2.05) is 0 Å². The van der Waals surface area contributed by atoms with Crippen LogP contribution in [0.25, 0.3) is 0 Å². The van der Waals surface area contributed by atoms with Crippen LogP contribution in [0.1, 0.15) is 32.6 Å². The predicted molar refractivity (Wildman–Crippen MR) is 43.5 cm³/mol. The van der Waals surface area contributed by atoms with Crippen molar-refractivity contribution in [3.63, 3.8) is 0 Å². The Morgan fingerprint density at radius 1 is 1.73 bits per heavy atom. The third-order valence-corrected chi connectivity index (χ3v) is 1.82. The lowest BCUT2D eigenvalue weighted by Crippen LogP contribution is -2.12. The normalized spacial score (nSPS) is 23.1. The van der Waals surface area contributed by atoms with Crippen LogP contribution in [0.3, 0.4) is 0 Å². The van der Waals surface area contributed by atoms with Crippen LogP contribution < -0.4 is 0 Å². The third-order valence-electron chi connectivity index (χ3n) is 1.82. The van der Waals surface area contributed by atoms with E-state index in [0.29, 0.717) is 0 Å². The zero-order chi connectivity index (χ0) is 8.10. The number of aliphatic hydroxyl groups excluding tert-OH is 1. The largest absolute Gasteiger partial charge is 0.392 e. The van der Waals surface area contributed by atoms with Gasteiger partial charge in [0.15, 0.2) is 6.10 Å². The van der Waals surface area contributed by atoms with Gasteiger partial charge in [-0.1, -0.05) is 18.5 Å². The molecule has 1 rings (SSSR count). The second-order valence-electron chi connectivity index (χ2n) is 2.88. The van der Waals surface area contributed by atoms with E-state index in [-0.39, 0.29) is 12.7 Å². The van der Waals surface area contributed by atoms with Crippen LogP contribution >= 0.6 is 0 Å². The van der Waals surface area contributed by atoms with Gasteiger partial charge in [0.1, 0.15) is 0 Å². The highest BCUT2D eigenvalue weighted by molar-refractivity contribution is 5.85. The smallest absolute Gasteiger partial charge is 0.155 e. The van der Waals surface area contributed by atoms with Gasteiger partial charge in [-0.25, -0.2) is 0 Å². The Morgan fingerprint density at radius 3 is 3.09 bits per heavy atom. The van der Waals surface area contributed by atoms with Crippen molar-refractivity contribution in [2.75, 3.05) is 6.61 Å². The first kappa shape index (κ1) is 8.53. The van der Waals surface area contributed by atoms with Gasteiger partial charge in [0.2, 0.25) is 0 Å². The maximum Gasteiger partial charge on any atom is 0.155 e. The predicted octanol–water partition coefficient (Wildman–Crippen LogP) is 1.31. The Labute approximate surface area is 67.0 Å². The van der Waals surface area contributed by atoms with Crippen LogP contribution in [0.5, 0.6) is 0 Å².